The number of guanidine groups is 1. The lowest BCUT2D eigenvalue weighted by Gasteiger charge is -2.35. The lowest BCUT2D eigenvalue weighted by molar-refractivity contribution is -0.117. The van der Waals surface area contributed by atoms with E-state index >= 15 is 0 Å². The quantitative estimate of drug-likeness (QED) is 0.321. The van der Waals surface area contributed by atoms with E-state index in [4.69, 9.17) is 9.73 Å². The molecule has 2 fully saturated rings. The Balaban J connectivity index is 0.00000300. The number of thioether (sulfide) groups is 1. The molecule has 0 radical (unpaired) electrons. The molecule has 0 spiro atoms. The first kappa shape index (κ1) is 24.3. The minimum Gasteiger partial charge on any atom is -0.381 e. The van der Waals surface area contributed by atoms with Gasteiger partial charge in [0.05, 0.1) is 12.6 Å². The molecule has 0 bridgehead atoms. The van der Waals surface area contributed by atoms with Gasteiger partial charge in [0, 0.05) is 43.2 Å². The van der Waals surface area contributed by atoms with Gasteiger partial charge in [0.2, 0.25) is 5.91 Å². The second kappa shape index (κ2) is 12.0. The van der Waals surface area contributed by atoms with Gasteiger partial charge < -0.3 is 20.3 Å². The summed E-state index contributed by atoms with van der Waals surface area (Å²) in [5.41, 5.74) is 0.958. The first-order chi connectivity index (χ1) is 13.7. The molecule has 29 heavy (non-hydrogen) atoms. The van der Waals surface area contributed by atoms with Gasteiger partial charge in [0.15, 0.2) is 5.96 Å². The number of ether oxygens (including phenoxy) is 1. The SMILES string of the molecule is CCNC(=NCC1(SCC)CCOCC1)NC1CC(=O)N(c2ccccc2)C1.I. The van der Waals surface area contributed by atoms with Gasteiger partial charge >= 0.3 is 0 Å². The second-order valence-corrected chi connectivity index (χ2v) is 9.04. The molecule has 8 heteroatoms. The molecule has 2 saturated heterocycles. The standard InChI is InChI=1S/C21H32N4O2S.HI/c1-3-22-20(23-16-21(28-4-2)10-12-27-13-11-21)24-17-14-19(26)25(15-17)18-8-6-5-7-9-18;/h5-9,17H,3-4,10-16H2,1-2H3,(H2,22,23,24);1H. The van der Waals surface area contributed by atoms with Crippen molar-refractivity contribution in [3.05, 3.63) is 30.3 Å². The number of hydrogen-bond acceptors (Lipinski definition) is 4. The molecule has 3 rings (SSSR count). The number of carbonyl (C=O) groups is 1. The van der Waals surface area contributed by atoms with Gasteiger partial charge in [-0.3, -0.25) is 9.79 Å². The molecular formula is C21H33IN4O2S. The van der Waals surface area contributed by atoms with Crippen molar-refractivity contribution in [3.63, 3.8) is 0 Å². The lowest BCUT2D eigenvalue weighted by atomic mass is 9.99. The van der Waals surface area contributed by atoms with Crippen molar-refractivity contribution >= 4 is 53.3 Å². The van der Waals surface area contributed by atoms with E-state index in [0.29, 0.717) is 13.0 Å². The predicted molar refractivity (Wildman–Crippen MR) is 133 cm³/mol. The van der Waals surface area contributed by atoms with Crippen molar-refractivity contribution in [2.75, 3.05) is 43.5 Å². The Morgan fingerprint density at radius 3 is 2.66 bits per heavy atom. The van der Waals surface area contributed by atoms with Crippen LogP contribution in [0.1, 0.15) is 33.1 Å². The average molecular weight is 532 g/mol. The summed E-state index contributed by atoms with van der Waals surface area (Å²) in [6.07, 6.45) is 2.57. The Hall–Kier alpha value is -1.000. The minimum absolute atomic E-state index is 0. The summed E-state index contributed by atoms with van der Waals surface area (Å²) in [5.74, 6) is 2.04. The highest BCUT2D eigenvalue weighted by atomic mass is 127. The number of nitrogens with one attached hydrogen (secondary N) is 2. The van der Waals surface area contributed by atoms with E-state index in [9.17, 15) is 4.79 Å². The number of para-hydroxylation sites is 1. The third-order valence-electron chi connectivity index (χ3n) is 5.26. The summed E-state index contributed by atoms with van der Waals surface area (Å²) in [5, 5.41) is 6.83. The van der Waals surface area contributed by atoms with Crippen molar-refractivity contribution in [3.8, 4) is 0 Å². The molecule has 0 aliphatic carbocycles. The molecule has 2 aliphatic heterocycles. The Kier molecular flexibility index (Phi) is 10.0. The zero-order chi connectivity index (χ0) is 19.8. The van der Waals surface area contributed by atoms with E-state index in [1.54, 1.807) is 0 Å². The maximum atomic E-state index is 12.5. The zero-order valence-electron chi connectivity index (χ0n) is 17.4. The van der Waals surface area contributed by atoms with E-state index in [1.165, 1.54) is 0 Å². The van der Waals surface area contributed by atoms with Crippen LogP contribution in [0.15, 0.2) is 35.3 Å². The predicted octanol–water partition coefficient (Wildman–Crippen LogP) is 3.27. The highest BCUT2D eigenvalue weighted by Crippen LogP contribution is 2.35. The highest BCUT2D eigenvalue weighted by molar-refractivity contribution is 14.0. The molecule has 1 aromatic rings. The molecule has 1 aromatic carbocycles. The van der Waals surface area contributed by atoms with Crippen molar-refractivity contribution in [1.29, 1.82) is 0 Å². The number of hydrogen-bond donors (Lipinski definition) is 2. The highest BCUT2D eigenvalue weighted by Gasteiger charge is 2.34. The molecule has 2 aliphatic rings. The van der Waals surface area contributed by atoms with Gasteiger partial charge in [-0.2, -0.15) is 11.8 Å². The number of halogens is 1. The Morgan fingerprint density at radius 2 is 2.00 bits per heavy atom. The van der Waals surface area contributed by atoms with Crippen molar-refractivity contribution in [1.82, 2.24) is 10.6 Å². The lowest BCUT2D eigenvalue weighted by Crippen LogP contribution is -2.46. The smallest absolute Gasteiger partial charge is 0.229 e. The molecule has 2 heterocycles. The first-order valence-corrected chi connectivity index (χ1v) is 11.3. The number of nitrogens with zero attached hydrogens (tertiary/aromatic N) is 2. The maximum Gasteiger partial charge on any atom is 0.229 e. The van der Waals surface area contributed by atoms with E-state index in [2.05, 4.69) is 24.5 Å². The van der Waals surface area contributed by atoms with Gasteiger partial charge in [-0.25, -0.2) is 0 Å². The fourth-order valence-electron chi connectivity index (χ4n) is 3.80. The third kappa shape index (κ3) is 6.75. The van der Waals surface area contributed by atoms with Crippen LogP contribution in [0, 0.1) is 0 Å². The number of carbonyl (C=O) groups excluding carboxylic acids is 1. The summed E-state index contributed by atoms with van der Waals surface area (Å²) >= 11 is 2.00. The maximum absolute atomic E-state index is 12.5. The Bertz CT molecular complexity index is 662. The summed E-state index contributed by atoms with van der Waals surface area (Å²) in [4.78, 5) is 19.2. The summed E-state index contributed by atoms with van der Waals surface area (Å²) in [6.45, 7) is 8.14. The first-order valence-electron chi connectivity index (χ1n) is 10.3. The van der Waals surface area contributed by atoms with Crippen LogP contribution < -0.4 is 15.5 Å². The topological polar surface area (TPSA) is 66.0 Å². The van der Waals surface area contributed by atoms with Crippen LogP contribution >= 0.6 is 35.7 Å². The van der Waals surface area contributed by atoms with E-state index in [1.807, 2.05) is 47.0 Å². The van der Waals surface area contributed by atoms with E-state index in [0.717, 1.165) is 56.5 Å². The number of amides is 1. The Labute approximate surface area is 195 Å². The van der Waals surface area contributed by atoms with Gasteiger partial charge in [-0.15, -0.1) is 24.0 Å². The second-order valence-electron chi connectivity index (χ2n) is 7.31. The van der Waals surface area contributed by atoms with Crippen molar-refractivity contribution in [2.45, 2.75) is 43.9 Å². The zero-order valence-corrected chi connectivity index (χ0v) is 20.5. The van der Waals surface area contributed by atoms with Crippen LogP contribution in [0.2, 0.25) is 0 Å². The fourth-order valence-corrected chi connectivity index (χ4v) is 5.02. The molecule has 6 nitrogen and oxygen atoms in total. The van der Waals surface area contributed by atoms with E-state index in [-0.39, 0.29) is 40.7 Å². The van der Waals surface area contributed by atoms with Crippen LogP contribution in [0.3, 0.4) is 0 Å². The summed E-state index contributed by atoms with van der Waals surface area (Å²) < 4.78 is 5.73. The average Bonchev–Trinajstić information content (AvgIpc) is 3.08. The number of anilines is 1. The molecule has 1 unspecified atom stereocenters. The monoisotopic (exact) mass is 532 g/mol. The Morgan fingerprint density at radius 1 is 1.28 bits per heavy atom. The van der Waals surface area contributed by atoms with Gasteiger partial charge in [0.1, 0.15) is 0 Å². The molecule has 0 aromatic heterocycles. The molecule has 1 amide bonds. The van der Waals surface area contributed by atoms with Crippen molar-refractivity contribution < 1.29 is 9.53 Å². The number of benzene rings is 1. The minimum atomic E-state index is 0. The molecule has 162 valence electrons. The van der Waals surface area contributed by atoms with Crippen LogP contribution in [-0.4, -0.2) is 61.3 Å². The molecule has 1 atom stereocenters. The molecular weight excluding hydrogens is 499 g/mol. The molecule has 0 saturated carbocycles. The van der Waals surface area contributed by atoms with Crippen LogP contribution in [0.4, 0.5) is 5.69 Å². The third-order valence-corrected chi connectivity index (χ3v) is 6.70. The summed E-state index contributed by atoms with van der Waals surface area (Å²) in [7, 11) is 0. The fraction of sp³-hybridized carbons (Fsp3) is 0.619. The van der Waals surface area contributed by atoms with Crippen LogP contribution in [0.5, 0.6) is 0 Å². The number of aliphatic imine (C=N–C) groups is 1. The normalized spacial score (nSPS) is 21.6. The van der Waals surface area contributed by atoms with E-state index < -0.39 is 0 Å². The number of rotatable bonds is 7. The van der Waals surface area contributed by atoms with Gasteiger partial charge in [-0.05, 0) is 37.7 Å². The van der Waals surface area contributed by atoms with Gasteiger partial charge in [0.25, 0.3) is 0 Å². The molecule has 2 N–H and O–H groups in total. The van der Waals surface area contributed by atoms with Crippen LogP contribution in [0.25, 0.3) is 0 Å². The van der Waals surface area contributed by atoms with Crippen molar-refractivity contribution in [2.24, 2.45) is 4.99 Å². The van der Waals surface area contributed by atoms with Crippen LogP contribution in [-0.2, 0) is 9.53 Å². The van der Waals surface area contributed by atoms with Gasteiger partial charge in [-0.1, -0.05) is 25.1 Å². The summed E-state index contributed by atoms with van der Waals surface area (Å²) in [6, 6.07) is 9.93. The largest absolute Gasteiger partial charge is 0.381 e.